The third-order valence-electron chi connectivity index (χ3n) is 6.86. The molecule has 0 aliphatic carbocycles. The highest BCUT2D eigenvalue weighted by Crippen LogP contribution is 2.44. The van der Waals surface area contributed by atoms with Crippen LogP contribution in [0.5, 0.6) is 5.75 Å². The number of hydrogen-bond donors (Lipinski definition) is 3. The molecule has 0 bridgehead atoms. The van der Waals surface area contributed by atoms with Gasteiger partial charge in [-0.2, -0.15) is 5.10 Å². The third-order valence-corrected chi connectivity index (χ3v) is 6.86. The average Bonchev–Trinajstić information content (AvgIpc) is 3.30. The van der Waals surface area contributed by atoms with Crippen LogP contribution in [0.2, 0.25) is 0 Å². The Kier molecular flexibility index (Phi) is 6.37. The molecule has 0 radical (unpaired) electrons. The van der Waals surface area contributed by atoms with Gasteiger partial charge in [0, 0.05) is 24.8 Å². The monoisotopic (exact) mass is 530 g/mol. The van der Waals surface area contributed by atoms with Gasteiger partial charge in [-0.05, 0) is 25.1 Å². The summed E-state index contributed by atoms with van der Waals surface area (Å²) in [7, 11) is 0. The number of aliphatic hydroxyl groups is 2. The molecule has 10 nitrogen and oxygen atoms in total. The number of nitrogens with zero attached hydrogens (tertiary/aromatic N) is 5. The first-order valence-corrected chi connectivity index (χ1v) is 12.6. The first-order chi connectivity index (χ1) is 19.0. The van der Waals surface area contributed by atoms with E-state index in [0.717, 1.165) is 5.69 Å². The third kappa shape index (κ3) is 4.35. The maximum absolute atomic E-state index is 14.5. The lowest BCUT2D eigenvalue weighted by Gasteiger charge is -2.39. The summed E-state index contributed by atoms with van der Waals surface area (Å²) >= 11 is 0. The number of pyridine rings is 1. The van der Waals surface area contributed by atoms with E-state index >= 15 is 0 Å². The van der Waals surface area contributed by atoms with Gasteiger partial charge in [-0.15, -0.1) is 0 Å². The number of ether oxygens (including phenoxy) is 2. The molecular weight excluding hydrogens is 503 g/mol. The van der Waals surface area contributed by atoms with Gasteiger partial charge in [0.1, 0.15) is 23.9 Å². The molecule has 0 amide bonds. The smallest absolute Gasteiger partial charge is 0.235 e. The number of aromatic nitrogens is 3. The molecule has 2 aliphatic heterocycles. The van der Waals surface area contributed by atoms with Gasteiger partial charge in [0.05, 0.1) is 41.9 Å². The minimum atomic E-state index is -2.06. The number of aryl methyl sites for hydroxylation is 1. The average molecular weight is 531 g/mol. The van der Waals surface area contributed by atoms with Crippen LogP contribution in [-0.2, 0) is 17.1 Å². The maximum Gasteiger partial charge on any atom is 0.235 e. The summed E-state index contributed by atoms with van der Waals surface area (Å²) in [5.74, 6) is -0.416. The van der Waals surface area contributed by atoms with E-state index in [9.17, 15) is 14.6 Å². The van der Waals surface area contributed by atoms with Crippen LogP contribution in [-0.4, -0.2) is 62.5 Å². The molecule has 4 aromatic rings. The lowest BCUT2D eigenvalue weighted by molar-refractivity contribution is -0.00235. The maximum atomic E-state index is 14.5. The Hall–Kier alpha value is -4.48. The normalized spacial score (nSPS) is 19.4. The van der Waals surface area contributed by atoms with Gasteiger partial charge in [-0.3, -0.25) is 0 Å². The molecule has 2 aromatic carbocycles. The Labute approximate surface area is 223 Å². The predicted octanol–water partition coefficient (Wildman–Crippen LogP) is 3.28. The van der Waals surface area contributed by atoms with E-state index in [0.29, 0.717) is 48.6 Å². The topological polar surface area (TPSA) is 117 Å². The van der Waals surface area contributed by atoms with Crippen molar-refractivity contribution in [3.8, 4) is 11.4 Å². The number of halogens is 1. The fourth-order valence-corrected chi connectivity index (χ4v) is 4.97. The van der Waals surface area contributed by atoms with E-state index < -0.39 is 11.5 Å². The van der Waals surface area contributed by atoms with E-state index in [4.69, 9.17) is 14.6 Å². The molecule has 6 rings (SSSR count). The standard InChI is InChI=1S/C28H27FN6O4/c1-18-23-24(39-16-19-7-5-6-10-22(19)29)21(15-30-26(23)35(33-18)20-8-3-2-4-9-20)28(37)25(27(36)31-17-32-28)34-11-13-38-14-12-34/h2-10,15,17,36-37H,11-14,16H2,1H3,(H,31,32). The SMILES string of the molecule is Cc1nn(-c2ccccc2)c2ncc(C3(O)N=CNC(O)=C3N3CCOCC3)c(OCc3ccccc3F)c12. The molecule has 2 aromatic heterocycles. The van der Waals surface area contributed by atoms with Crippen molar-refractivity contribution in [2.75, 3.05) is 26.3 Å². The molecule has 3 N–H and O–H groups in total. The number of para-hydroxylation sites is 1. The zero-order valence-corrected chi connectivity index (χ0v) is 21.2. The number of rotatable bonds is 6. The second-order valence-corrected chi connectivity index (χ2v) is 9.28. The van der Waals surface area contributed by atoms with E-state index in [1.54, 1.807) is 22.9 Å². The van der Waals surface area contributed by atoms with Gasteiger partial charge in [-0.1, -0.05) is 36.4 Å². The van der Waals surface area contributed by atoms with Crippen LogP contribution in [0.15, 0.2) is 77.4 Å². The molecular formula is C28H27FN6O4. The van der Waals surface area contributed by atoms with Crippen molar-refractivity contribution in [2.24, 2.45) is 4.99 Å². The molecule has 39 heavy (non-hydrogen) atoms. The minimum absolute atomic E-state index is 0.116. The lowest BCUT2D eigenvalue weighted by atomic mass is 9.96. The number of morpholine rings is 1. The molecule has 1 saturated heterocycles. The van der Waals surface area contributed by atoms with Gasteiger partial charge in [0.15, 0.2) is 5.65 Å². The van der Waals surface area contributed by atoms with E-state index in [2.05, 4.69) is 15.3 Å². The second kappa shape index (κ2) is 10.0. The van der Waals surface area contributed by atoms with Crippen LogP contribution in [0.1, 0.15) is 16.8 Å². The van der Waals surface area contributed by atoms with Crippen molar-refractivity contribution in [1.82, 2.24) is 25.0 Å². The number of fused-ring (bicyclic) bond motifs is 1. The predicted molar refractivity (Wildman–Crippen MR) is 142 cm³/mol. The highest BCUT2D eigenvalue weighted by atomic mass is 19.1. The largest absolute Gasteiger partial charge is 0.493 e. The van der Waals surface area contributed by atoms with E-state index in [-0.39, 0.29) is 29.5 Å². The Morgan fingerprint density at radius 3 is 2.62 bits per heavy atom. The number of aliphatic imine (C=N–C) groups is 1. The van der Waals surface area contributed by atoms with Gasteiger partial charge in [-0.25, -0.2) is 19.0 Å². The minimum Gasteiger partial charge on any atom is -0.493 e. The van der Waals surface area contributed by atoms with Crippen molar-refractivity contribution >= 4 is 17.4 Å². The van der Waals surface area contributed by atoms with Crippen molar-refractivity contribution in [3.05, 3.63) is 95.0 Å². The van der Waals surface area contributed by atoms with Crippen LogP contribution < -0.4 is 10.1 Å². The van der Waals surface area contributed by atoms with Crippen LogP contribution >= 0.6 is 0 Å². The Morgan fingerprint density at radius 1 is 1.10 bits per heavy atom. The molecule has 0 saturated carbocycles. The van der Waals surface area contributed by atoms with Crippen LogP contribution in [0, 0.1) is 12.7 Å². The number of hydrogen-bond acceptors (Lipinski definition) is 9. The van der Waals surface area contributed by atoms with E-state index in [1.165, 1.54) is 18.6 Å². The van der Waals surface area contributed by atoms with Crippen molar-refractivity contribution in [2.45, 2.75) is 19.3 Å². The first kappa shape index (κ1) is 24.8. The molecule has 1 unspecified atom stereocenters. The van der Waals surface area contributed by atoms with Crippen LogP contribution in [0.3, 0.4) is 0 Å². The van der Waals surface area contributed by atoms with Gasteiger partial charge < -0.3 is 29.9 Å². The summed E-state index contributed by atoms with van der Waals surface area (Å²) in [4.78, 5) is 10.9. The number of benzene rings is 2. The fraction of sp³-hybridized carbons (Fsp3) is 0.250. The first-order valence-electron chi connectivity index (χ1n) is 12.6. The molecule has 2 aliphatic rings. The number of aliphatic hydroxyl groups excluding tert-OH is 1. The summed E-state index contributed by atoms with van der Waals surface area (Å²) in [6, 6.07) is 15.9. The Balaban J connectivity index is 1.55. The summed E-state index contributed by atoms with van der Waals surface area (Å²) in [6.07, 6.45) is 2.69. The molecule has 1 fully saturated rings. The quantitative estimate of drug-likeness (QED) is 0.348. The molecule has 4 heterocycles. The Morgan fingerprint density at radius 2 is 1.85 bits per heavy atom. The summed E-state index contributed by atoms with van der Waals surface area (Å²) in [6.45, 7) is 3.42. The second-order valence-electron chi connectivity index (χ2n) is 9.28. The lowest BCUT2D eigenvalue weighted by Crippen LogP contribution is -2.47. The Bertz CT molecular complexity index is 1580. The molecule has 1 atom stereocenters. The summed E-state index contributed by atoms with van der Waals surface area (Å²) in [5.41, 5.74) is 0.504. The van der Waals surface area contributed by atoms with Gasteiger partial charge >= 0.3 is 0 Å². The highest BCUT2D eigenvalue weighted by molar-refractivity contribution is 5.88. The van der Waals surface area contributed by atoms with Gasteiger partial charge in [0.2, 0.25) is 11.6 Å². The molecule has 0 spiro atoms. The van der Waals surface area contributed by atoms with Crippen LogP contribution in [0.4, 0.5) is 4.39 Å². The van der Waals surface area contributed by atoms with E-state index in [1.807, 2.05) is 42.2 Å². The highest BCUT2D eigenvalue weighted by Gasteiger charge is 2.45. The fourth-order valence-electron chi connectivity index (χ4n) is 4.97. The number of nitrogens with one attached hydrogen (secondary N) is 1. The van der Waals surface area contributed by atoms with Crippen molar-refractivity contribution in [1.29, 1.82) is 0 Å². The van der Waals surface area contributed by atoms with Crippen molar-refractivity contribution in [3.63, 3.8) is 0 Å². The molecule has 11 heteroatoms. The zero-order chi connectivity index (χ0) is 27.0. The van der Waals surface area contributed by atoms with Crippen LogP contribution in [0.25, 0.3) is 16.7 Å². The van der Waals surface area contributed by atoms with Gasteiger partial charge in [0.25, 0.3) is 0 Å². The van der Waals surface area contributed by atoms with Crippen molar-refractivity contribution < 1.29 is 24.1 Å². The zero-order valence-electron chi connectivity index (χ0n) is 21.2. The summed E-state index contributed by atoms with van der Waals surface area (Å²) in [5, 5.41) is 31.0. The molecule has 200 valence electrons. The summed E-state index contributed by atoms with van der Waals surface area (Å²) < 4.78 is 28.0.